The minimum absolute atomic E-state index is 0.260. The van der Waals surface area contributed by atoms with Crippen molar-refractivity contribution in [2.75, 3.05) is 5.32 Å². The van der Waals surface area contributed by atoms with E-state index in [1.165, 1.54) is 6.08 Å². The molecule has 2 aromatic carbocycles. The Morgan fingerprint density at radius 1 is 1.04 bits per heavy atom. The summed E-state index contributed by atoms with van der Waals surface area (Å²) in [5, 5.41) is 2.84. The number of aryl methyl sites for hydroxylation is 1. The molecule has 130 valence electrons. The number of carbonyl (C=O) groups excluding carboxylic acids is 2. The number of hydrogen-bond donors (Lipinski definition) is 3. The zero-order valence-corrected chi connectivity index (χ0v) is 15.7. The Morgan fingerprint density at radius 3 is 2.40 bits per heavy atom. The monoisotopic (exact) mass is 401 g/mol. The van der Waals surface area contributed by atoms with Crippen LogP contribution in [0.1, 0.15) is 29.8 Å². The van der Waals surface area contributed by atoms with E-state index in [9.17, 15) is 9.59 Å². The fourth-order valence-corrected chi connectivity index (χ4v) is 2.45. The minimum Gasteiger partial charge on any atom is -0.322 e. The lowest BCUT2D eigenvalue weighted by Gasteiger charge is -2.10. The molecule has 0 heterocycles. The van der Waals surface area contributed by atoms with E-state index in [4.69, 9.17) is 0 Å². The average molecular weight is 402 g/mol. The van der Waals surface area contributed by atoms with Gasteiger partial charge in [0.1, 0.15) is 0 Å². The smallest absolute Gasteiger partial charge is 0.269 e. The number of allylic oxidation sites excluding steroid dienone is 1. The quantitative estimate of drug-likeness (QED) is 0.509. The summed E-state index contributed by atoms with van der Waals surface area (Å²) in [7, 11) is 0. The third kappa shape index (κ3) is 5.76. The second kappa shape index (κ2) is 9.03. The van der Waals surface area contributed by atoms with Crippen LogP contribution in [0.5, 0.6) is 0 Å². The van der Waals surface area contributed by atoms with Crippen molar-refractivity contribution in [2.45, 2.75) is 20.3 Å². The lowest BCUT2D eigenvalue weighted by Crippen LogP contribution is -2.36. The fourth-order valence-electron chi connectivity index (χ4n) is 2.18. The normalized spacial score (nSPS) is 10.9. The summed E-state index contributed by atoms with van der Waals surface area (Å²) in [6.45, 7) is 3.73. The molecule has 0 saturated carbocycles. The molecule has 5 nitrogen and oxygen atoms in total. The van der Waals surface area contributed by atoms with Crippen molar-refractivity contribution in [3.8, 4) is 0 Å². The van der Waals surface area contributed by atoms with E-state index in [-0.39, 0.29) is 11.8 Å². The van der Waals surface area contributed by atoms with Gasteiger partial charge >= 0.3 is 0 Å². The summed E-state index contributed by atoms with van der Waals surface area (Å²) < 4.78 is 0.900. The molecule has 0 saturated heterocycles. The van der Waals surface area contributed by atoms with Crippen LogP contribution >= 0.6 is 15.9 Å². The molecule has 0 aliphatic rings. The van der Waals surface area contributed by atoms with E-state index in [1.54, 1.807) is 31.2 Å². The van der Waals surface area contributed by atoms with E-state index in [0.29, 0.717) is 11.3 Å². The van der Waals surface area contributed by atoms with Crippen molar-refractivity contribution in [2.24, 2.45) is 0 Å². The van der Waals surface area contributed by atoms with Gasteiger partial charge in [-0.3, -0.25) is 15.0 Å². The molecule has 2 amide bonds. The van der Waals surface area contributed by atoms with E-state index < -0.39 is 0 Å². The van der Waals surface area contributed by atoms with Crippen LogP contribution in [-0.2, 0) is 11.2 Å². The van der Waals surface area contributed by atoms with Gasteiger partial charge in [-0.1, -0.05) is 41.1 Å². The molecule has 0 atom stereocenters. The lowest BCUT2D eigenvalue weighted by molar-refractivity contribution is -0.112. The number of rotatable bonds is 6. The predicted molar refractivity (Wildman–Crippen MR) is 103 cm³/mol. The molecule has 0 aromatic heterocycles. The van der Waals surface area contributed by atoms with E-state index in [1.807, 2.05) is 31.2 Å². The third-order valence-corrected chi connectivity index (χ3v) is 4.01. The number of nitrogens with one attached hydrogen (secondary N) is 3. The molecule has 2 rings (SSSR count). The van der Waals surface area contributed by atoms with Crippen LogP contribution in [0.3, 0.4) is 0 Å². The number of carbonyl (C=O) groups is 2. The lowest BCUT2D eigenvalue weighted by atomic mass is 10.1. The van der Waals surface area contributed by atoms with Gasteiger partial charge < -0.3 is 10.7 Å². The SMILES string of the molecule is CCc1ccccc1NC(=O)C=C(C)NNC(=O)c1ccc(Br)cc1. The van der Waals surface area contributed by atoms with Crippen molar-refractivity contribution < 1.29 is 9.59 Å². The van der Waals surface area contributed by atoms with Crippen LogP contribution in [0.15, 0.2) is 64.8 Å². The van der Waals surface area contributed by atoms with Crippen molar-refractivity contribution in [1.82, 2.24) is 10.9 Å². The molecule has 6 heteroatoms. The standard InChI is InChI=1S/C19H20BrN3O2/c1-3-14-6-4-5-7-17(14)21-18(24)12-13(2)22-23-19(25)15-8-10-16(20)11-9-15/h4-12,22H,3H2,1-2H3,(H,21,24)(H,23,25). The average Bonchev–Trinajstić information content (AvgIpc) is 2.60. The van der Waals surface area contributed by atoms with E-state index in [2.05, 4.69) is 32.1 Å². The first-order chi connectivity index (χ1) is 12.0. The van der Waals surface area contributed by atoms with Gasteiger partial charge in [0.25, 0.3) is 5.91 Å². The summed E-state index contributed by atoms with van der Waals surface area (Å²) in [4.78, 5) is 24.1. The molecule has 0 fully saturated rings. The summed E-state index contributed by atoms with van der Waals surface area (Å²) in [5.74, 6) is -0.541. The van der Waals surface area contributed by atoms with Crippen molar-refractivity contribution >= 4 is 33.4 Å². The number of hydrazine groups is 1. The highest BCUT2D eigenvalue weighted by molar-refractivity contribution is 9.10. The van der Waals surface area contributed by atoms with Crippen LogP contribution in [0.4, 0.5) is 5.69 Å². The number of halogens is 1. The Morgan fingerprint density at radius 2 is 1.72 bits per heavy atom. The van der Waals surface area contributed by atoms with Crippen LogP contribution < -0.4 is 16.2 Å². The zero-order valence-electron chi connectivity index (χ0n) is 14.1. The first kappa shape index (κ1) is 18.7. The predicted octanol–water partition coefficient (Wildman–Crippen LogP) is 3.79. The Labute approximate surface area is 155 Å². The Balaban J connectivity index is 1.91. The minimum atomic E-state index is -0.281. The molecular formula is C19H20BrN3O2. The molecule has 0 unspecified atom stereocenters. The maximum atomic E-state index is 12.1. The summed E-state index contributed by atoms with van der Waals surface area (Å²) in [6, 6.07) is 14.6. The molecule has 0 aliphatic heterocycles. The summed E-state index contributed by atoms with van der Waals surface area (Å²) >= 11 is 3.32. The summed E-state index contributed by atoms with van der Waals surface area (Å²) in [5.41, 5.74) is 8.19. The maximum Gasteiger partial charge on any atom is 0.269 e. The first-order valence-corrected chi connectivity index (χ1v) is 8.68. The highest BCUT2D eigenvalue weighted by atomic mass is 79.9. The summed E-state index contributed by atoms with van der Waals surface area (Å²) in [6.07, 6.45) is 2.23. The molecule has 25 heavy (non-hydrogen) atoms. The number of hydrogen-bond acceptors (Lipinski definition) is 3. The Bertz CT molecular complexity index is 786. The highest BCUT2D eigenvalue weighted by Crippen LogP contribution is 2.15. The van der Waals surface area contributed by atoms with Gasteiger partial charge in [-0.15, -0.1) is 0 Å². The van der Waals surface area contributed by atoms with Crippen LogP contribution in [0.2, 0.25) is 0 Å². The molecule has 0 bridgehead atoms. The van der Waals surface area contributed by atoms with Crippen LogP contribution in [0, 0.1) is 0 Å². The maximum absolute atomic E-state index is 12.1. The molecule has 0 spiro atoms. The largest absolute Gasteiger partial charge is 0.322 e. The molecular weight excluding hydrogens is 382 g/mol. The molecule has 0 aliphatic carbocycles. The van der Waals surface area contributed by atoms with Crippen molar-refractivity contribution in [1.29, 1.82) is 0 Å². The fraction of sp³-hybridized carbons (Fsp3) is 0.158. The second-order valence-corrected chi connectivity index (χ2v) is 6.33. The Hall–Kier alpha value is -2.60. The number of anilines is 1. The highest BCUT2D eigenvalue weighted by Gasteiger charge is 2.06. The van der Waals surface area contributed by atoms with Crippen LogP contribution in [-0.4, -0.2) is 11.8 Å². The second-order valence-electron chi connectivity index (χ2n) is 5.41. The third-order valence-electron chi connectivity index (χ3n) is 3.48. The van der Waals surface area contributed by atoms with Gasteiger partial charge in [-0.25, -0.2) is 0 Å². The number of benzene rings is 2. The topological polar surface area (TPSA) is 70.2 Å². The van der Waals surface area contributed by atoms with Crippen molar-refractivity contribution in [3.05, 3.63) is 75.9 Å². The van der Waals surface area contributed by atoms with Crippen molar-refractivity contribution in [3.63, 3.8) is 0 Å². The molecule has 3 N–H and O–H groups in total. The van der Waals surface area contributed by atoms with Gasteiger partial charge in [0, 0.05) is 27.5 Å². The molecule has 2 aromatic rings. The van der Waals surface area contributed by atoms with Gasteiger partial charge in [0.05, 0.1) is 0 Å². The zero-order chi connectivity index (χ0) is 18.2. The van der Waals surface area contributed by atoms with Gasteiger partial charge in [-0.2, -0.15) is 0 Å². The number of amides is 2. The Kier molecular flexibility index (Phi) is 6.77. The first-order valence-electron chi connectivity index (χ1n) is 7.88. The number of para-hydroxylation sites is 1. The van der Waals surface area contributed by atoms with Gasteiger partial charge in [0.15, 0.2) is 0 Å². The van der Waals surface area contributed by atoms with Gasteiger partial charge in [-0.05, 0) is 49.2 Å². The van der Waals surface area contributed by atoms with Crippen LogP contribution in [0.25, 0.3) is 0 Å². The van der Waals surface area contributed by atoms with E-state index in [0.717, 1.165) is 22.1 Å². The van der Waals surface area contributed by atoms with Gasteiger partial charge in [0.2, 0.25) is 5.91 Å². The molecule has 0 radical (unpaired) electrons. The van der Waals surface area contributed by atoms with E-state index >= 15 is 0 Å².